The van der Waals surface area contributed by atoms with Crippen molar-refractivity contribution in [3.63, 3.8) is 0 Å². The summed E-state index contributed by atoms with van der Waals surface area (Å²) < 4.78 is 83.2. The smallest absolute Gasteiger partial charge is 0.282 e. The fourth-order valence-corrected chi connectivity index (χ4v) is 0.787. The van der Waals surface area contributed by atoms with E-state index in [9.17, 15) is 35.5 Å². The summed E-state index contributed by atoms with van der Waals surface area (Å²) in [6.45, 7) is 0. The van der Waals surface area contributed by atoms with Crippen molar-refractivity contribution in [1.82, 2.24) is 0 Å². The lowest BCUT2D eigenvalue weighted by atomic mass is 10.2. The van der Waals surface area contributed by atoms with Gasteiger partial charge in [-0.3, -0.25) is 4.79 Å². The summed E-state index contributed by atoms with van der Waals surface area (Å²) in [5, 5.41) is -5.07. The van der Waals surface area contributed by atoms with Crippen LogP contribution in [0.3, 0.4) is 0 Å². The first-order valence-corrected chi connectivity index (χ1v) is 4.11. The third kappa shape index (κ3) is 2.31. The van der Waals surface area contributed by atoms with Gasteiger partial charge < -0.3 is 0 Å². The molecule has 0 fully saturated rings. The van der Waals surface area contributed by atoms with Gasteiger partial charge in [0.25, 0.3) is 0 Å². The molecular formula is C5H3F7OS. The van der Waals surface area contributed by atoms with Gasteiger partial charge >= 0.3 is 23.1 Å². The molecule has 0 aromatic rings. The average Bonchev–Trinajstić information content (AvgIpc) is 2.01. The Labute approximate surface area is 77.6 Å². The van der Waals surface area contributed by atoms with Crippen LogP contribution in [0, 0.1) is 0 Å². The Morgan fingerprint density at radius 3 is 1.57 bits per heavy atom. The SMILES string of the molecule is CSC(F)(F)C(F)(F)C(=O)C(F)(F)F. The van der Waals surface area contributed by atoms with Crippen LogP contribution in [0.25, 0.3) is 0 Å². The molecule has 0 aromatic heterocycles. The molecule has 0 aromatic carbocycles. The van der Waals surface area contributed by atoms with Crippen molar-refractivity contribution in [1.29, 1.82) is 0 Å². The molecule has 0 aliphatic carbocycles. The van der Waals surface area contributed by atoms with E-state index >= 15 is 0 Å². The fourth-order valence-electron chi connectivity index (χ4n) is 0.438. The highest BCUT2D eigenvalue weighted by Crippen LogP contribution is 2.45. The van der Waals surface area contributed by atoms with Gasteiger partial charge in [0.2, 0.25) is 0 Å². The third-order valence-electron chi connectivity index (χ3n) is 1.16. The fraction of sp³-hybridized carbons (Fsp3) is 0.800. The standard InChI is InChI=1S/C5H3F7OS/c1-14-5(11,12)3(6,7)2(13)4(8,9)10/h1H3. The van der Waals surface area contributed by atoms with E-state index in [1.54, 1.807) is 0 Å². The number of hydrogen-bond acceptors (Lipinski definition) is 2. The molecule has 0 amide bonds. The molecule has 0 saturated carbocycles. The van der Waals surface area contributed by atoms with E-state index < -0.39 is 34.9 Å². The van der Waals surface area contributed by atoms with Gasteiger partial charge in [-0.2, -0.15) is 30.7 Å². The molecule has 0 atom stereocenters. The van der Waals surface area contributed by atoms with Crippen LogP contribution >= 0.6 is 11.8 Å². The number of ketones is 1. The van der Waals surface area contributed by atoms with Gasteiger partial charge in [0, 0.05) is 0 Å². The first kappa shape index (κ1) is 13.5. The Morgan fingerprint density at radius 1 is 1.00 bits per heavy atom. The van der Waals surface area contributed by atoms with Crippen LogP contribution in [-0.2, 0) is 4.79 Å². The van der Waals surface area contributed by atoms with E-state index in [2.05, 4.69) is 0 Å². The van der Waals surface area contributed by atoms with Crippen LogP contribution in [0.2, 0.25) is 0 Å². The Hall–Kier alpha value is -0.470. The van der Waals surface area contributed by atoms with Gasteiger partial charge in [0.05, 0.1) is 0 Å². The Bertz CT molecular complexity index is 233. The number of hydrogen-bond donors (Lipinski definition) is 0. The average molecular weight is 244 g/mol. The van der Waals surface area contributed by atoms with Crippen LogP contribution in [0.1, 0.15) is 0 Å². The summed E-state index contributed by atoms with van der Waals surface area (Å²) >= 11 is -0.826. The summed E-state index contributed by atoms with van der Waals surface area (Å²) in [4.78, 5) is 9.92. The minimum Gasteiger partial charge on any atom is -0.282 e. The third-order valence-corrected chi connectivity index (χ3v) is 1.93. The second kappa shape index (κ2) is 3.59. The lowest BCUT2D eigenvalue weighted by molar-refractivity contribution is -0.218. The van der Waals surface area contributed by atoms with Crippen molar-refractivity contribution in [3.05, 3.63) is 0 Å². The van der Waals surface area contributed by atoms with Gasteiger partial charge in [0.15, 0.2) is 0 Å². The predicted molar refractivity (Wildman–Crippen MR) is 34.5 cm³/mol. The molecule has 0 aliphatic rings. The Balaban J connectivity index is 5.07. The summed E-state index contributed by atoms with van der Waals surface area (Å²) in [7, 11) is 0. The number of carbonyl (C=O) groups excluding carboxylic acids is 1. The molecule has 9 heteroatoms. The Morgan fingerprint density at radius 2 is 1.36 bits per heavy atom. The van der Waals surface area contributed by atoms with Crippen LogP contribution < -0.4 is 0 Å². The van der Waals surface area contributed by atoms with Crippen LogP contribution in [0.15, 0.2) is 0 Å². The quantitative estimate of drug-likeness (QED) is 0.710. The molecule has 0 N–H and O–H groups in total. The van der Waals surface area contributed by atoms with Crippen molar-refractivity contribution in [2.24, 2.45) is 0 Å². The first-order chi connectivity index (χ1) is 5.97. The predicted octanol–water partition coefficient (Wildman–Crippen LogP) is 2.71. The maximum Gasteiger partial charge on any atom is 0.456 e. The molecule has 0 saturated heterocycles. The van der Waals surface area contributed by atoms with E-state index in [4.69, 9.17) is 0 Å². The van der Waals surface area contributed by atoms with E-state index in [-0.39, 0.29) is 0 Å². The lowest BCUT2D eigenvalue weighted by Gasteiger charge is -2.23. The van der Waals surface area contributed by atoms with Crippen molar-refractivity contribution in [3.8, 4) is 0 Å². The van der Waals surface area contributed by atoms with E-state index in [1.807, 2.05) is 0 Å². The van der Waals surface area contributed by atoms with E-state index in [1.165, 1.54) is 0 Å². The molecule has 0 bridgehead atoms. The number of halogens is 7. The minimum atomic E-state index is -5.98. The summed E-state index contributed by atoms with van der Waals surface area (Å²) in [5.41, 5.74) is 0. The summed E-state index contributed by atoms with van der Waals surface area (Å²) in [5.74, 6) is -9.49. The van der Waals surface area contributed by atoms with Crippen molar-refractivity contribution < 1.29 is 35.5 Å². The topological polar surface area (TPSA) is 17.1 Å². The maximum atomic E-state index is 12.3. The number of thioether (sulfide) groups is 1. The van der Waals surface area contributed by atoms with Gasteiger partial charge in [-0.25, -0.2) is 0 Å². The molecular weight excluding hydrogens is 241 g/mol. The Kier molecular flexibility index (Phi) is 3.47. The van der Waals surface area contributed by atoms with E-state index in [0.717, 1.165) is 0 Å². The van der Waals surface area contributed by atoms with Gasteiger partial charge in [-0.15, -0.1) is 0 Å². The number of alkyl halides is 7. The molecule has 84 valence electrons. The number of rotatable bonds is 3. The van der Waals surface area contributed by atoms with Crippen LogP contribution in [-0.4, -0.2) is 29.4 Å². The largest absolute Gasteiger partial charge is 0.456 e. The van der Waals surface area contributed by atoms with Crippen LogP contribution in [0.4, 0.5) is 30.7 Å². The second-order valence-electron chi connectivity index (χ2n) is 2.12. The highest BCUT2D eigenvalue weighted by molar-refractivity contribution is 7.99. The van der Waals surface area contributed by atoms with Gasteiger partial charge in [-0.05, 0) is 6.26 Å². The molecule has 1 nitrogen and oxygen atoms in total. The zero-order valence-corrected chi connectivity index (χ0v) is 7.28. The second-order valence-corrected chi connectivity index (χ2v) is 3.04. The monoisotopic (exact) mass is 244 g/mol. The number of carbonyl (C=O) groups is 1. The maximum absolute atomic E-state index is 12.3. The van der Waals surface area contributed by atoms with E-state index in [0.29, 0.717) is 6.26 Å². The van der Waals surface area contributed by atoms with Crippen molar-refractivity contribution >= 4 is 17.5 Å². The molecule has 0 rings (SSSR count). The minimum absolute atomic E-state index is 0.470. The van der Waals surface area contributed by atoms with Crippen LogP contribution in [0.5, 0.6) is 0 Å². The highest BCUT2D eigenvalue weighted by atomic mass is 32.2. The van der Waals surface area contributed by atoms with Gasteiger partial charge in [-0.1, -0.05) is 11.8 Å². The molecule has 14 heavy (non-hydrogen) atoms. The normalized spacial score (nSPS) is 14.3. The summed E-state index contributed by atoms with van der Waals surface area (Å²) in [6, 6.07) is 0. The molecule has 0 radical (unpaired) electrons. The molecule has 0 aliphatic heterocycles. The molecule has 0 spiro atoms. The number of Topliss-reactive ketones (excluding diaryl/α,β-unsaturated/α-hetero) is 1. The van der Waals surface area contributed by atoms with Crippen molar-refractivity contribution in [2.75, 3.05) is 6.26 Å². The van der Waals surface area contributed by atoms with Gasteiger partial charge in [0.1, 0.15) is 0 Å². The first-order valence-electron chi connectivity index (χ1n) is 2.89. The summed E-state index contributed by atoms with van der Waals surface area (Å²) in [6.07, 6.45) is -5.51. The molecule has 0 heterocycles. The lowest BCUT2D eigenvalue weighted by Crippen LogP contribution is -2.50. The highest BCUT2D eigenvalue weighted by Gasteiger charge is 2.68. The molecule has 0 unspecified atom stereocenters. The van der Waals surface area contributed by atoms with Crippen molar-refractivity contribution in [2.45, 2.75) is 17.4 Å². The zero-order chi connectivity index (χ0) is 11.8. The zero-order valence-electron chi connectivity index (χ0n) is 6.46.